The SMILES string of the molecule is CCOC(=O)C1C(=O)c2cc(OC)ccc2C(C)(CCC(C)C)C1=O. The summed E-state index contributed by atoms with van der Waals surface area (Å²) in [6.07, 6.45) is 1.39. The van der Waals surface area contributed by atoms with Crippen LogP contribution < -0.4 is 4.74 Å². The second-order valence-electron chi connectivity index (χ2n) is 7.09. The molecule has 1 aliphatic rings. The van der Waals surface area contributed by atoms with Gasteiger partial charge in [-0.1, -0.05) is 19.9 Å². The molecular formula is C20H26O5. The van der Waals surface area contributed by atoms with Gasteiger partial charge in [0.25, 0.3) is 0 Å². The van der Waals surface area contributed by atoms with Crippen molar-refractivity contribution in [2.24, 2.45) is 11.8 Å². The van der Waals surface area contributed by atoms with Crippen molar-refractivity contribution in [1.82, 2.24) is 0 Å². The third-order valence-electron chi connectivity index (χ3n) is 4.90. The number of ether oxygens (including phenoxy) is 2. The number of carbonyl (C=O) groups is 3. The van der Waals surface area contributed by atoms with Gasteiger partial charge in [-0.3, -0.25) is 14.4 Å². The van der Waals surface area contributed by atoms with Crippen molar-refractivity contribution in [3.63, 3.8) is 0 Å². The van der Waals surface area contributed by atoms with E-state index in [1.54, 1.807) is 25.1 Å². The zero-order valence-electron chi connectivity index (χ0n) is 15.5. The monoisotopic (exact) mass is 346 g/mol. The van der Waals surface area contributed by atoms with Crippen LogP contribution in [0.4, 0.5) is 0 Å². The van der Waals surface area contributed by atoms with E-state index < -0.39 is 23.1 Å². The molecule has 0 fully saturated rings. The summed E-state index contributed by atoms with van der Waals surface area (Å²) in [6.45, 7) is 7.77. The fourth-order valence-corrected chi connectivity index (χ4v) is 3.34. The van der Waals surface area contributed by atoms with Crippen LogP contribution in [0, 0.1) is 11.8 Å². The molecule has 0 heterocycles. The van der Waals surface area contributed by atoms with Crippen molar-refractivity contribution in [1.29, 1.82) is 0 Å². The van der Waals surface area contributed by atoms with E-state index in [1.807, 2.05) is 6.92 Å². The van der Waals surface area contributed by atoms with E-state index in [1.165, 1.54) is 7.11 Å². The highest BCUT2D eigenvalue weighted by molar-refractivity contribution is 6.28. The molecule has 5 nitrogen and oxygen atoms in total. The summed E-state index contributed by atoms with van der Waals surface area (Å²) in [5.41, 5.74) is 0.157. The molecular weight excluding hydrogens is 320 g/mol. The van der Waals surface area contributed by atoms with Gasteiger partial charge in [-0.25, -0.2) is 0 Å². The number of benzene rings is 1. The third kappa shape index (κ3) is 3.46. The molecule has 0 bridgehead atoms. The van der Waals surface area contributed by atoms with Gasteiger partial charge < -0.3 is 9.47 Å². The highest BCUT2D eigenvalue weighted by Gasteiger charge is 2.52. The molecule has 0 radical (unpaired) electrons. The first-order valence-electron chi connectivity index (χ1n) is 8.70. The molecule has 2 unspecified atom stereocenters. The molecule has 1 aromatic carbocycles. The molecule has 0 aliphatic heterocycles. The Morgan fingerprint density at radius 1 is 1.28 bits per heavy atom. The van der Waals surface area contributed by atoms with Gasteiger partial charge in [0.05, 0.1) is 19.1 Å². The molecule has 0 N–H and O–H groups in total. The average Bonchev–Trinajstić information content (AvgIpc) is 2.58. The molecule has 0 saturated carbocycles. The fourth-order valence-electron chi connectivity index (χ4n) is 3.34. The Balaban J connectivity index is 2.59. The number of esters is 1. The summed E-state index contributed by atoms with van der Waals surface area (Å²) in [5.74, 6) is -2.09. The number of fused-ring (bicyclic) bond motifs is 1. The minimum Gasteiger partial charge on any atom is -0.497 e. The number of Topliss-reactive ketones (excluding diaryl/α,β-unsaturated/α-hetero) is 2. The molecule has 1 aliphatic carbocycles. The second kappa shape index (κ2) is 7.38. The van der Waals surface area contributed by atoms with E-state index in [9.17, 15) is 14.4 Å². The first-order chi connectivity index (χ1) is 11.8. The number of hydrogen-bond donors (Lipinski definition) is 0. The smallest absolute Gasteiger partial charge is 0.324 e. The van der Waals surface area contributed by atoms with Crippen LogP contribution in [0.25, 0.3) is 0 Å². The van der Waals surface area contributed by atoms with E-state index in [0.717, 1.165) is 6.42 Å². The number of rotatable bonds is 6. The van der Waals surface area contributed by atoms with Crippen LogP contribution in [-0.2, 0) is 19.7 Å². The lowest BCUT2D eigenvalue weighted by atomic mass is 9.63. The molecule has 5 heteroatoms. The van der Waals surface area contributed by atoms with Crippen LogP contribution >= 0.6 is 0 Å². The van der Waals surface area contributed by atoms with E-state index >= 15 is 0 Å². The predicted octanol–water partition coefficient (Wildman–Crippen LogP) is 3.33. The normalized spacial score (nSPS) is 22.7. The summed E-state index contributed by atoms with van der Waals surface area (Å²) < 4.78 is 10.2. The zero-order chi connectivity index (χ0) is 18.8. The Kier molecular flexibility index (Phi) is 5.65. The highest BCUT2D eigenvalue weighted by Crippen LogP contribution is 2.42. The summed E-state index contributed by atoms with van der Waals surface area (Å²) in [5, 5.41) is 0. The van der Waals surface area contributed by atoms with Crippen molar-refractivity contribution < 1.29 is 23.9 Å². The minimum atomic E-state index is -1.39. The van der Waals surface area contributed by atoms with E-state index in [0.29, 0.717) is 29.2 Å². The van der Waals surface area contributed by atoms with Gasteiger partial charge in [0, 0.05) is 5.56 Å². The maximum absolute atomic E-state index is 13.2. The zero-order valence-corrected chi connectivity index (χ0v) is 15.5. The number of ketones is 2. The van der Waals surface area contributed by atoms with E-state index in [4.69, 9.17) is 9.47 Å². The standard InChI is InChI=1S/C20H26O5/c1-6-25-19(23)16-17(21)14-11-13(24-5)7-8-15(14)20(4,18(16)22)10-9-12(2)3/h7-8,11-12,16H,6,9-10H2,1-5H3. The molecule has 25 heavy (non-hydrogen) atoms. The van der Waals surface area contributed by atoms with Crippen molar-refractivity contribution in [3.8, 4) is 5.75 Å². The predicted molar refractivity (Wildman–Crippen MR) is 93.9 cm³/mol. The maximum atomic E-state index is 13.2. The molecule has 0 spiro atoms. The molecule has 2 atom stereocenters. The van der Waals surface area contributed by atoms with E-state index in [-0.39, 0.29) is 12.4 Å². The van der Waals surface area contributed by atoms with Crippen molar-refractivity contribution in [3.05, 3.63) is 29.3 Å². The molecule has 1 aromatic rings. The second-order valence-corrected chi connectivity index (χ2v) is 7.09. The van der Waals surface area contributed by atoms with Crippen LogP contribution in [0.1, 0.15) is 56.5 Å². The van der Waals surface area contributed by atoms with Crippen LogP contribution in [0.15, 0.2) is 18.2 Å². The summed E-state index contributed by atoms with van der Waals surface area (Å²) in [4.78, 5) is 38.3. The van der Waals surface area contributed by atoms with Gasteiger partial charge in [-0.15, -0.1) is 0 Å². The van der Waals surface area contributed by atoms with Gasteiger partial charge in [-0.05, 0) is 50.3 Å². The summed E-state index contributed by atoms with van der Waals surface area (Å²) >= 11 is 0. The van der Waals surface area contributed by atoms with E-state index in [2.05, 4.69) is 13.8 Å². The minimum absolute atomic E-state index is 0.129. The van der Waals surface area contributed by atoms with Crippen LogP contribution in [0.3, 0.4) is 0 Å². The van der Waals surface area contributed by atoms with Gasteiger partial charge in [0.15, 0.2) is 17.5 Å². The largest absolute Gasteiger partial charge is 0.497 e. The first-order valence-corrected chi connectivity index (χ1v) is 8.70. The van der Waals surface area contributed by atoms with Crippen LogP contribution in [0.5, 0.6) is 5.75 Å². The van der Waals surface area contributed by atoms with Crippen LogP contribution in [-0.4, -0.2) is 31.3 Å². The van der Waals surface area contributed by atoms with Crippen molar-refractivity contribution in [2.45, 2.75) is 46.0 Å². The fraction of sp³-hybridized carbons (Fsp3) is 0.550. The Labute approximate surface area is 148 Å². The Hall–Kier alpha value is -2.17. The lowest BCUT2D eigenvalue weighted by Gasteiger charge is -2.37. The van der Waals surface area contributed by atoms with Gasteiger partial charge >= 0.3 is 5.97 Å². The van der Waals surface area contributed by atoms with Gasteiger partial charge in [0.2, 0.25) is 0 Å². The average molecular weight is 346 g/mol. The number of methoxy groups -OCH3 is 1. The quantitative estimate of drug-likeness (QED) is 0.584. The Morgan fingerprint density at radius 2 is 1.96 bits per heavy atom. The maximum Gasteiger partial charge on any atom is 0.324 e. The molecule has 0 amide bonds. The Morgan fingerprint density at radius 3 is 2.52 bits per heavy atom. The van der Waals surface area contributed by atoms with Gasteiger partial charge in [0.1, 0.15) is 5.75 Å². The summed E-state index contributed by atoms with van der Waals surface area (Å²) in [7, 11) is 1.51. The third-order valence-corrected chi connectivity index (χ3v) is 4.90. The molecule has 0 saturated heterocycles. The molecule has 136 valence electrons. The van der Waals surface area contributed by atoms with Crippen molar-refractivity contribution >= 4 is 17.5 Å². The highest BCUT2D eigenvalue weighted by atomic mass is 16.5. The van der Waals surface area contributed by atoms with Crippen molar-refractivity contribution in [2.75, 3.05) is 13.7 Å². The molecule has 2 rings (SSSR count). The lowest BCUT2D eigenvalue weighted by molar-refractivity contribution is -0.151. The number of carbonyl (C=O) groups excluding carboxylic acids is 3. The first kappa shape index (κ1) is 19.2. The topological polar surface area (TPSA) is 69.7 Å². The lowest BCUT2D eigenvalue weighted by Crippen LogP contribution is -2.49. The Bertz CT molecular complexity index is 691. The number of hydrogen-bond acceptors (Lipinski definition) is 5. The molecule has 0 aromatic heterocycles. The summed E-state index contributed by atoms with van der Waals surface area (Å²) in [6, 6.07) is 5.13. The van der Waals surface area contributed by atoms with Crippen LogP contribution in [0.2, 0.25) is 0 Å². The van der Waals surface area contributed by atoms with Gasteiger partial charge in [-0.2, -0.15) is 0 Å².